The standard InChI is InChI=1S/C22H21N5O2S/c1-15(16-9-5-3-6-10-16)26(2)19(28)14-30-22-24-20-18(21(29)25-22)13-23-27(20)17-11-7-4-8-12-17/h3-13,15H,14H2,1-2H3,(H,24,25,29). The highest BCUT2D eigenvalue weighted by Gasteiger charge is 2.18. The summed E-state index contributed by atoms with van der Waals surface area (Å²) in [4.78, 5) is 34.1. The third kappa shape index (κ3) is 3.99. The van der Waals surface area contributed by atoms with Crippen LogP contribution in [-0.4, -0.2) is 43.4 Å². The molecule has 0 radical (unpaired) electrons. The van der Waals surface area contributed by atoms with Crippen molar-refractivity contribution in [3.63, 3.8) is 0 Å². The fourth-order valence-corrected chi connectivity index (χ4v) is 3.91. The fraction of sp³-hybridized carbons (Fsp3) is 0.182. The van der Waals surface area contributed by atoms with E-state index in [4.69, 9.17) is 0 Å². The highest BCUT2D eigenvalue weighted by Crippen LogP contribution is 2.21. The highest BCUT2D eigenvalue weighted by molar-refractivity contribution is 7.99. The molecule has 0 saturated carbocycles. The van der Waals surface area contributed by atoms with Gasteiger partial charge in [0.15, 0.2) is 10.8 Å². The molecule has 1 unspecified atom stereocenters. The summed E-state index contributed by atoms with van der Waals surface area (Å²) in [5.74, 6) is 0.123. The molecule has 1 atom stereocenters. The van der Waals surface area contributed by atoms with E-state index in [9.17, 15) is 9.59 Å². The number of carbonyl (C=O) groups excluding carboxylic acids is 1. The third-order valence-corrected chi connectivity index (χ3v) is 5.86. The van der Waals surface area contributed by atoms with Crippen molar-refractivity contribution in [2.75, 3.05) is 12.8 Å². The lowest BCUT2D eigenvalue weighted by Gasteiger charge is -2.25. The summed E-state index contributed by atoms with van der Waals surface area (Å²) < 4.78 is 1.63. The first-order valence-corrected chi connectivity index (χ1v) is 10.5. The smallest absolute Gasteiger partial charge is 0.262 e. The van der Waals surface area contributed by atoms with Crippen LogP contribution in [0, 0.1) is 0 Å². The Hall–Kier alpha value is -3.39. The number of nitrogens with zero attached hydrogens (tertiary/aromatic N) is 4. The Morgan fingerprint density at radius 1 is 1.13 bits per heavy atom. The minimum Gasteiger partial charge on any atom is -0.338 e. The number of thioether (sulfide) groups is 1. The molecule has 0 aliphatic rings. The number of H-pyrrole nitrogens is 1. The lowest BCUT2D eigenvalue weighted by molar-refractivity contribution is -0.128. The van der Waals surface area contributed by atoms with Gasteiger partial charge in [0.1, 0.15) is 5.39 Å². The van der Waals surface area contributed by atoms with Crippen LogP contribution in [0.3, 0.4) is 0 Å². The van der Waals surface area contributed by atoms with Crippen molar-refractivity contribution < 1.29 is 4.79 Å². The van der Waals surface area contributed by atoms with Gasteiger partial charge in [0.2, 0.25) is 5.91 Å². The van der Waals surface area contributed by atoms with Gasteiger partial charge in [-0.2, -0.15) is 5.10 Å². The van der Waals surface area contributed by atoms with Crippen LogP contribution in [0.2, 0.25) is 0 Å². The van der Waals surface area contributed by atoms with Crippen molar-refractivity contribution in [1.82, 2.24) is 24.6 Å². The number of nitrogens with one attached hydrogen (secondary N) is 1. The predicted molar refractivity (Wildman–Crippen MR) is 118 cm³/mol. The summed E-state index contributed by atoms with van der Waals surface area (Å²) in [6.07, 6.45) is 1.50. The van der Waals surface area contributed by atoms with Crippen LogP contribution >= 0.6 is 11.8 Å². The van der Waals surface area contributed by atoms with Crippen LogP contribution in [0.1, 0.15) is 18.5 Å². The summed E-state index contributed by atoms with van der Waals surface area (Å²) in [6, 6.07) is 19.3. The number of amides is 1. The Morgan fingerprint density at radius 2 is 1.80 bits per heavy atom. The van der Waals surface area contributed by atoms with Crippen LogP contribution in [0.5, 0.6) is 0 Å². The van der Waals surface area contributed by atoms with Crippen molar-refractivity contribution >= 4 is 28.7 Å². The third-order valence-electron chi connectivity index (χ3n) is 5.01. The van der Waals surface area contributed by atoms with E-state index < -0.39 is 0 Å². The van der Waals surface area contributed by atoms with Gasteiger partial charge in [0.25, 0.3) is 5.56 Å². The summed E-state index contributed by atoms with van der Waals surface area (Å²) in [5, 5.41) is 5.09. The van der Waals surface area contributed by atoms with E-state index in [1.165, 1.54) is 18.0 Å². The van der Waals surface area contributed by atoms with E-state index in [-0.39, 0.29) is 23.3 Å². The number of fused-ring (bicyclic) bond motifs is 1. The molecule has 152 valence electrons. The molecule has 0 aliphatic carbocycles. The number of benzene rings is 2. The van der Waals surface area contributed by atoms with Gasteiger partial charge in [-0.3, -0.25) is 9.59 Å². The number of para-hydroxylation sites is 1. The molecule has 7 nitrogen and oxygen atoms in total. The molecule has 1 amide bonds. The zero-order valence-electron chi connectivity index (χ0n) is 16.6. The number of rotatable bonds is 6. The number of aromatic nitrogens is 4. The normalized spacial score (nSPS) is 12.1. The average Bonchev–Trinajstić information content (AvgIpc) is 3.22. The van der Waals surface area contributed by atoms with Gasteiger partial charge >= 0.3 is 0 Å². The molecule has 4 rings (SSSR count). The largest absolute Gasteiger partial charge is 0.338 e. The van der Waals surface area contributed by atoms with Crippen LogP contribution < -0.4 is 5.56 Å². The van der Waals surface area contributed by atoms with Crippen molar-refractivity contribution in [3.8, 4) is 5.69 Å². The van der Waals surface area contributed by atoms with E-state index in [0.717, 1.165) is 11.3 Å². The first kappa shape index (κ1) is 19.9. The maximum atomic E-state index is 12.7. The molecule has 8 heteroatoms. The predicted octanol–water partition coefficient (Wildman–Crippen LogP) is 3.42. The van der Waals surface area contributed by atoms with E-state index in [1.54, 1.807) is 16.6 Å². The molecule has 0 fully saturated rings. The number of hydrogen-bond donors (Lipinski definition) is 1. The van der Waals surface area contributed by atoms with Crippen LogP contribution in [-0.2, 0) is 4.79 Å². The van der Waals surface area contributed by atoms with E-state index >= 15 is 0 Å². The van der Waals surface area contributed by atoms with Crippen LogP contribution in [0.15, 0.2) is 76.8 Å². The molecular formula is C22H21N5O2S. The molecule has 0 aliphatic heterocycles. The molecular weight excluding hydrogens is 398 g/mol. The second-order valence-electron chi connectivity index (χ2n) is 6.88. The van der Waals surface area contributed by atoms with Crippen molar-refractivity contribution in [2.24, 2.45) is 0 Å². The molecule has 2 aromatic carbocycles. The topological polar surface area (TPSA) is 83.9 Å². The fourth-order valence-electron chi connectivity index (χ4n) is 3.13. The summed E-state index contributed by atoms with van der Waals surface area (Å²) in [6.45, 7) is 1.99. The van der Waals surface area contributed by atoms with E-state index in [0.29, 0.717) is 16.2 Å². The Kier molecular flexibility index (Phi) is 5.67. The summed E-state index contributed by atoms with van der Waals surface area (Å²) >= 11 is 1.21. The molecule has 0 spiro atoms. The van der Waals surface area contributed by atoms with Crippen molar-refractivity contribution in [1.29, 1.82) is 0 Å². The Balaban J connectivity index is 1.53. The van der Waals surface area contributed by atoms with E-state index in [1.807, 2.05) is 67.6 Å². The average molecular weight is 420 g/mol. The molecule has 4 aromatic rings. The monoisotopic (exact) mass is 419 g/mol. The SMILES string of the molecule is CC(c1ccccc1)N(C)C(=O)CSc1nc2c(cnn2-c2ccccc2)c(=O)[nH]1. The quantitative estimate of drug-likeness (QED) is 0.382. The first-order chi connectivity index (χ1) is 14.5. The van der Waals surface area contributed by atoms with Gasteiger partial charge in [-0.05, 0) is 24.6 Å². The summed E-state index contributed by atoms with van der Waals surface area (Å²) in [5.41, 5.74) is 2.07. The van der Waals surface area contributed by atoms with Gasteiger partial charge in [-0.1, -0.05) is 60.3 Å². The molecule has 30 heavy (non-hydrogen) atoms. The molecule has 1 N–H and O–H groups in total. The van der Waals surface area contributed by atoms with Gasteiger partial charge in [0, 0.05) is 7.05 Å². The van der Waals surface area contributed by atoms with Crippen LogP contribution in [0.4, 0.5) is 0 Å². The highest BCUT2D eigenvalue weighted by atomic mass is 32.2. The molecule has 0 bridgehead atoms. The maximum absolute atomic E-state index is 12.7. The molecule has 0 saturated heterocycles. The van der Waals surface area contributed by atoms with Crippen molar-refractivity contribution in [3.05, 3.63) is 82.8 Å². The first-order valence-electron chi connectivity index (χ1n) is 9.51. The number of aromatic amines is 1. The Labute approximate surface area is 177 Å². The minimum atomic E-state index is -0.275. The number of carbonyl (C=O) groups is 1. The van der Waals surface area contributed by atoms with Gasteiger partial charge in [0.05, 0.1) is 23.7 Å². The number of hydrogen-bond acceptors (Lipinski definition) is 5. The second-order valence-corrected chi connectivity index (χ2v) is 7.84. The lowest BCUT2D eigenvalue weighted by Crippen LogP contribution is -2.31. The zero-order valence-corrected chi connectivity index (χ0v) is 17.5. The van der Waals surface area contributed by atoms with Gasteiger partial charge in [-0.15, -0.1) is 0 Å². The maximum Gasteiger partial charge on any atom is 0.262 e. The Morgan fingerprint density at radius 3 is 2.50 bits per heavy atom. The van der Waals surface area contributed by atoms with E-state index in [2.05, 4.69) is 15.1 Å². The van der Waals surface area contributed by atoms with Crippen LogP contribution in [0.25, 0.3) is 16.7 Å². The molecule has 2 heterocycles. The zero-order chi connectivity index (χ0) is 21.1. The van der Waals surface area contributed by atoms with Gasteiger partial charge < -0.3 is 9.88 Å². The lowest BCUT2D eigenvalue weighted by atomic mass is 10.1. The second kappa shape index (κ2) is 8.54. The molecule has 2 aromatic heterocycles. The van der Waals surface area contributed by atoms with Gasteiger partial charge in [-0.25, -0.2) is 9.67 Å². The minimum absolute atomic E-state index is 0.0457. The van der Waals surface area contributed by atoms with Crippen molar-refractivity contribution in [2.45, 2.75) is 18.1 Å². The summed E-state index contributed by atoms with van der Waals surface area (Å²) in [7, 11) is 1.78. The Bertz CT molecular complexity index is 1220.